The van der Waals surface area contributed by atoms with Crippen LogP contribution in [0.2, 0.25) is 0 Å². The Kier molecular flexibility index (Phi) is 7.48. The Morgan fingerprint density at radius 1 is 1.37 bits per heavy atom. The highest BCUT2D eigenvalue weighted by Gasteiger charge is 2.18. The van der Waals surface area contributed by atoms with Crippen LogP contribution in [0.1, 0.15) is 33.6 Å². The van der Waals surface area contributed by atoms with Crippen LogP contribution in [0.25, 0.3) is 0 Å². The third-order valence-electron chi connectivity index (χ3n) is 1.88. The lowest BCUT2D eigenvalue weighted by Crippen LogP contribution is -2.37. The molecule has 0 aromatic carbocycles. The van der Waals surface area contributed by atoms with Gasteiger partial charge < -0.3 is 19.6 Å². The molecule has 1 N–H and O–H groups in total. The number of alkyl carbamates (subject to hydrolysis) is 1. The molecule has 0 aromatic rings. The van der Waals surface area contributed by atoms with E-state index in [-0.39, 0.29) is 19.4 Å². The van der Waals surface area contributed by atoms with E-state index >= 15 is 0 Å². The van der Waals surface area contributed by atoms with Crippen LogP contribution in [-0.4, -0.2) is 36.6 Å². The maximum absolute atomic E-state index is 11.4. The molecule has 6 heteroatoms. The van der Waals surface area contributed by atoms with Gasteiger partial charge in [-0.25, -0.2) is 4.79 Å². The molecule has 0 bridgehead atoms. The highest BCUT2D eigenvalue weighted by Crippen LogP contribution is 2.09. The molecule has 0 saturated carbocycles. The highest BCUT2D eigenvalue weighted by molar-refractivity contribution is 5.74. The molecular weight excluding hydrogens is 250 g/mol. The molecular formula is C13H21NO5. The van der Waals surface area contributed by atoms with Crippen LogP contribution in [0, 0.1) is 0 Å². The van der Waals surface area contributed by atoms with Gasteiger partial charge in [-0.1, -0.05) is 12.7 Å². The van der Waals surface area contributed by atoms with Crippen LogP contribution < -0.4 is 5.32 Å². The molecule has 0 aliphatic heterocycles. The maximum atomic E-state index is 11.4. The lowest BCUT2D eigenvalue weighted by atomic mass is 10.1. The number of ether oxygens (including phenoxy) is 2. The number of amides is 1. The molecule has 0 aliphatic carbocycles. The van der Waals surface area contributed by atoms with E-state index in [1.807, 2.05) is 0 Å². The van der Waals surface area contributed by atoms with Gasteiger partial charge in [-0.05, 0) is 27.2 Å². The van der Waals surface area contributed by atoms with Crippen LogP contribution in [0.5, 0.6) is 0 Å². The standard InChI is InChI=1S/C13H21NO5/c1-5-8-18-12(17)14-10(9-15)6-7-11(16)19-13(2,3)4/h5,9-10H,1,6-8H2,2-4H3,(H,14,17)/t10-/m0/s1. The number of esters is 1. The summed E-state index contributed by atoms with van der Waals surface area (Å²) in [6.07, 6.45) is 1.46. The Balaban J connectivity index is 4.06. The third kappa shape index (κ3) is 9.82. The van der Waals surface area contributed by atoms with Gasteiger partial charge in [-0.15, -0.1) is 0 Å². The van der Waals surface area contributed by atoms with Crippen molar-refractivity contribution in [3.63, 3.8) is 0 Å². The van der Waals surface area contributed by atoms with Crippen LogP contribution >= 0.6 is 0 Å². The Morgan fingerprint density at radius 3 is 2.47 bits per heavy atom. The van der Waals surface area contributed by atoms with Gasteiger partial charge in [-0.3, -0.25) is 4.79 Å². The average Bonchev–Trinajstić information content (AvgIpc) is 2.29. The topological polar surface area (TPSA) is 81.7 Å². The minimum absolute atomic E-state index is 0.0441. The Morgan fingerprint density at radius 2 is 2.00 bits per heavy atom. The summed E-state index contributed by atoms with van der Waals surface area (Å²) in [5.74, 6) is -0.416. The second-order valence-corrected chi connectivity index (χ2v) is 4.90. The summed E-state index contributed by atoms with van der Waals surface area (Å²) in [6, 6.07) is -0.773. The van der Waals surface area contributed by atoms with E-state index in [2.05, 4.69) is 16.6 Å². The molecule has 0 rings (SSSR count). The molecule has 6 nitrogen and oxygen atoms in total. The Bertz CT molecular complexity index is 332. The lowest BCUT2D eigenvalue weighted by molar-refractivity contribution is -0.155. The second-order valence-electron chi connectivity index (χ2n) is 4.90. The van der Waals surface area contributed by atoms with E-state index in [0.717, 1.165) is 0 Å². The van der Waals surface area contributed by atoms with E-state index < -0.39 is 23.7 Å². The van der Waals surface area contributed by atoms with Crippen molar-refractivity contribution in [2.24, 2.45) is 0 Å². The SMILES string of the molecule is C=CCOC(=O)N[C@H](C=O)CCC(=O)OC(C)(C)C. The number of hydrogen-bond donors (Lipinski definition) is 1. The number of carbonyl (C=O) groups excluding carboxylic acids is 3. The zero-order valence-electron chi connectivity index (χ0n) is 11.6. The van der Waals surface area contributed by atoms with Gasteiger partial charge in [0.2, 0.25) is 0 Å². The smallest absolute Gasteiger partial charge is 0.408 e. The summed E-state index contributed by atoms with van der Waals surface area (Å²) >= 11 is 0. The molecule has 108 valence electrons. The molecule has 1 amide bonds. The van der Waals surface area contributed by atoms with Gasteiger partial charge >= 0.3 is 12.1 Å². The van der Waals surface area contributed by atoms with Gasteiger partial charge in [0.15, 0.2) is 0 Å². The zero-order valence-corrected chi connectivity index (χ0v) is 11.6. The van der Waals surface area contributed by atoms with Gasteiger partial charge in [-0.2, -0.15) is 0 Å². The van der Waals surface area contributed by atoms with Crippen molar-refractivity contribution in [3.8, 4) is 0 Å². The fourth-order valence-corrected chi connectivity index (χ4v) is 1.17. The minimum Gasteiger partial charge on any atom is -0.460 e. The van der Waals surface area contributed by atoms with Crippen LogP contribution in [-0.2, 0) is 19.1 Å². The molecule has 0 radical (unpaired) electrons. The van der Waals surface area contributed by atoms with Crippen molar-refractivity contribution < 1.29 is 23.9 Å². The molecule has 0 saturated heterocycles. The van der Waals surface area contributed by atoms with Crippen LogP contribution in [0.4, 0.5) is 4.79 Å². The predicted octanol–water partition coefficient (Wildman–Crippen LogP) is 1.59. The van der Waals surface area contributed by atoms with Crippen molar-refractivity contribution in [1.82, 2.24) is 5.32 Å². The van der Waals surface area contributed by atoms with Crippen LogP contribution in [0.3, 0.4) is 0 Å². The lowest BCUT2D eigenvalue weighted by Gasteiger charge is -2.20. The van der Waals surface area contributed by atoms with E-state index in [0.29, 0.717) is 6.29 Å². The van der Waals surface area contributed by atoms with Gasteiger partial charge in [0.1, 0.15) is 18.5 Å². The first kappa shape index (κ1) is 17.2. The van der Waals surface area contributed by atoms with Gasteiger partial charge in [0.25, 0.3) is 0 Å². The van der Waals surface area contributed by atoms with E-state index in [4.69, 9.17) is 4.74 Å². The zero-order chi connectivity index (χ0) is 14.9. The van der Waals surface area contributed by atoms with Crippen molar-refractivity contribution in [2.45, 2.75) is 45.3 Å². The van der Waals surface area contributed by atoms with Gasteiger partial charge in [0.05, 0.1) is 6.04 Å². The first-order valence-electron chi connectivity index (χ1n) is 6.00. The number of carbonyl (C=O) groups is 3. The summed E-state index contributed by atoms with van der Waals surface area (Å²) in [5, 5.41) is 2.33. The molecule has 19 heavy (non-hydrogen) atoms. The molecule has 0 spiro atoms. The fourth-order valence-electron chi connectivity index (χ4n) is 1.17. The third-order valence-corrected chi connectivity index (χ3v) is 1.88. The Hall–Kier alpha value is -1.85. The molecule has 0 heterocycles. The van der Waals surface area contributed by atoms with E-state index in [1.165, 1.54) is 6.08 Å². The van der Waals surface area contributed by atoms with Crippen LogP contribution in [0.15, 0.2) is 12.7 Å². The quantitative estimate of drug-likeness (QED) is 0.432. The number of rotatable bonds is 7. The largest absolute Gasteiger partial charge is 0.460 e. The normalized spacial score (nSPS) is 12.2. The highest BCUT2D eigenvalue weighted by atomic mass is 16.6. The number of nitrogens with one attached hydrogen (secondary N) is 1. The first-order valence-corrected chi connectivity index (χ1v) is 6.00. The first-order chi connectivity index (χ1) is 8.78. The molecule has 0 fully saturated rings. The summed E-state index contributed by atoms with van der Waals surface area (Å²) in [4.78, 5) is 33.4. The molecule has 1 atom stereocenters. The van der Waals surface area contributed by atoms with E-state index in [1.54, 1.807) is 20.8 Å². The molecule has 0 aliphatic rings. The summed E-state index contributed by atoms with van der Waals surface area (Å²) in [5.41, 5.74) is -0.565. The number of aldehydes is 1. The van der Waals surface area contributed by atoms with Crippen molar-refractivity contribution in [3.05, 3.63) is 12.7 Å². The van der Waals surface area contributed by atoms with Crippen molar-refractivity contribution >= 4 is 18.3 Å². The monoisotopic (exact) mass is 271 g/mol. The minimum atomic E-state index is -0.773. The van der Waals surface area contributed by atoms with E-state index in [9.17, 15) is 14.4 Å². The Labute approximate surface area is 113 Å². The van der Waals surface area contributed by atoms with Crippen molar-refractivity contribution in [2.75, 3.05) is 6.61 Å². The summed E-state index contributed by atoms with van der Waals surface area (Å²) < 4.78 is 9.76. The molecule has 0 unspecified atom stereocenters. The number of hydrogen-bond acceptors (Lipinski definition) is 5. The predicted molar refractivity (Wildman–Crippen MR) is 69.6 cm³/mol. The van der Waals surface area contributed by atoms with Gasteiger partial charge in [0, 0.05) is 6.42 Å². The second kappa shape index (κ2) is 8.29. The average molecular weight is 271 g/mol. The molecule has 0 aromatic heterocycles. The summed E-state index contributed by atoms with van der Waals surface area (Å²) in [7, 11) is 0. The fraction of sp³-hybridized carbons (Fsp3) is 0.615. The summed E-state index contributed by atoms with van der Waals surface area (Å²) in [6.45, 7) is 8.72. The maximum Gasteiger partial charge on any atom is 0.408 e. The van der Waals surface area contributed by atoms with Crippen molar-refractivity contribution in [1.29, 1.82) is 0 Å².